The van der Waals surface area contributed by atoms with Crippen molar-refractivity contribution >= 4 is 11.3 Å². The van der Waals surface area contributed by atoms with Gasteiger partial charge >= 0.3 is 0 Å². The molecule has 2 nitrogen and oxygen atoms in total. The van der Waals surface area contributed by atoms with Crippen LogP contribution in [0.5, 0.6) is 0 Å². The van der Waals surface area contributed by atoms with Gasteiger partial charge in [0.05, 0.1) is 6.20 Å². The van der Waals surface area contributed by atoms with E-state index in [4.69, 9.17) is 0 Å². The Morgan fingerprint density at radius 3 is 2.75 bits per heavy atom. The summed E-state index contributed by atoms with van der Waals surface area (Å²) < 4.78 is 0. The maximum Gasteiger partial charge on any atom is 0.0566 e. The van der Waals surface area contributed by atoms with Gasteiger partial charge in [0.2, 0.25) is 0 Å². The number of thiophene rings is 1. The summed E-state index contributed by atoms with van der Waals surface area (Å²) in [6, 6.07) is 2.20. The van der Waals surface area contributed by atoms with Crippen molar-refractivity contribution in [3.05, 3.63) is 28.2 Å². The third-order valence-corrected chi connectivity index (χ3v) is 2.82. The van der Waals surface area contributed by atoms with Gasteiger partial charge in [0.25, 0.3) is 0 Å². The van der Waals surface area contributed by atoms with Crippen LogP contribution in [-0.2, 0) is 0 Å². The first-order valence-corrected chi connectivity index (χ1v) is 4.65. The minimum atomic E-state index is 1.18. The van der Waals surface area contributed by atoms with Crippen LogP contribution in [0, 0.1) is 13.8 Å². The summed E-state index contributed by atoms with van der Waals surface area (Å²) in [5, 5.41) is 6.75. The zero-order valence-electron chi connectivity index (χ0n) is 7.09. The highest BCUT2D eigenvalue weighted by atomic mass is 32.1. The number of nitrogens with zero attached hydrogens (tertiary/aromatic N) is 1. The average molecular weight is 178 g/mol. The summed E-state index contributed by atoms with van der Waals surface area (Å²) in [5.41, 5.74) is 2.48. The summed E-state index contributed by atoms with van der Waals surface area (Å²) in [5.74, 6) is 0. The fourth-order valence-electron chi connectivity index (χ4n) is 1.32. The van der Waals surface area contributed by atoms with Crippen LogP contribution in [0.15, 0.2) is 18.5 Å². The molecule has 0 saturated heterocycles. The first-order valence-electron chi connectivity index (χ1n) is 3.83. The predicted octanol–water partition coefficient (Wildman–Crippen LogP) is 2.76. The standard InChI is InChI=1S/C9H10N2S/c1-6-3-9(7(2)12-6)8-4-10-11-5-8/h3-5H,1-2H3,(H,10,11). The van der Waals surface area contributed by atoms with E-state index in [1.165, 1.54) is 20.9 Å². The number of hydrogen-bond acceptors (Lipinski definition) is 2. The molecule has 0 radical (unpaired) electrons. The fourth-order valence-corrected chi connectivity index (χ4v) is 2.26. The minimum Gasteiger partial charge on any atom is -0.285 e. The van der Waals surface area contributed by atoms with Gasteiger partial charge in [-0.2, -0.15) is 5.10 Å². The largest absolute Gasteiger partial charge is 0.285 e. The summed E-state index contributed by atoms with van der Waals surface area (Å²) in [4.78, 5) is 2.71. The Hall–Kier alpha value is -1.09. The van der Waals surface area contributed by atoms with Gasteiger partial charge in [-0.05, 0) is 25.5 Å². The third kappa shape index (κ3) is 1.16. The van der Waals surface area contributed by atoms with Crippen LogP contribution < -0.4 is 0 Å². The van der Waals surface area contributed by atoms with Crippen LogP contribution in [0.3, 0.4) is 0 Å². The zero-order valence-corrected chi connectivity index (χ0v) is 7.90. The van der Waals surface area contributed by atoms with E-state index in [1.54, 1.807) is 0 Å². The first kappa shape index (κ1) is 7.55. The molecule has 3 heteroatoms. The van der Waals surface area contributed by atoms with Gasteiger partial charge in [0, 0.05) is 21.5 Å². The Kier molecular flexibility index (Phi) is 1.73. The van der Waals surface area contributed by atoms with Crippen molar-refractivity contribution in [3.63, 3.8) is 0 Å². The molecule has 1 N–H and O–H groups in total. The van der Waals surface area contributed by atoms with E-state index in [1.807, 2.05) is 23.7 Å². The Balaban J connectivity index is 2.54. The maximum absolute atomic E-state index is 3.93. The van der Waals surface area contributed by atoms with Crippen molar-refractivity contribution in [2.75, 3.05) is 0 Å². The number of aryl methyl sites for hydroxylation is 2. The molecular formula is C9H10N2S. The smallest absolute Gasteiger partial charge is 0.0566 e. The van der Waals surface area contributed by atoms with Gasteiger partial charge in [0.1, 0.15) is 0 Å². The van der Waals surface area contributed by atoms with Crippen molar-refractivity contribution < 1.29 is 0 Å². The van der Waals surface area contributed by atoms with E-state index >= 15 is 0 Å². The Morgan fingerprint density at radius 1 is 1.42 bits per heavy atom. The van der Waals surface area contributed by atoms with Crippen LogP contribution in [0.4, 0.5) is 0 Å². The van der Waals surface area contributed by atoms with E-state index in [0.29, 0.717) is 0 Å². The van der Waals surface area contributed by atoms with Gasteiger partial charge in [-0.25, -0.2) is 0 Å². The van der Waals surface area contributed by atoms with Gasteiger partial charge < -0.3 is 0 Å². The highest BCUT2D eigenvalue weighted by molar-refractivity contribution is 7.12. The normalized spacial score (nSPS) is 10.5. The van der Waals surface area contributed by atoms with Gasteiger partial charge in [-0.1, -0.05) is 0 Å². The molecule has 0 bridgehead atoms. The quantitative estimate of drug-likeness (QED) is 0.714. The molecule has 0 fully saturated rings. The van der Waals surface area contributed by atoms with E-state index in [0.717, 1.165) is 0 Å². The Bertz CT molecular complexity index is 373. The van der Waals surface area contributed by atoms with E-state index in [-0.39, 0.29) is 0 Å². The SMILES string of the molecule is Cc1cc(-c2cn[nH]c2)c(C)s1. The molecule has 0 aliphatic heterocycles. The fraction of sp³-hybridized carbons (Fsp3) is 0.222. The Labute approximate surface area is 75.3 Å². The summed E-state index contributed by atoms with van der Waals surface area (Å²) >= 11 is 1.83. The molecule has 2 heterocycles. The number of rotatable bonds is 1. The molecule has 2 aromatic rings. The molecule has 0 unspecified atom stereocenters. The van der Waals surface area contributed by atoms with E-state index in [9.17, 15) is 0 Å². The first-order chi connectivity index (χ1) is 5.77. The van der Waals surface area contributed by atoms with Crippen LogP contribution in [0.25, 0.3) is 11.1 Å². The van der Waals surface area contributed by atoms with Crippen molar-refractivity contribution in [2.24, 2.45) is 0 Å². The summed E-state index contributed by atoms with van der Waals surface area (Å²) in [6.45, 7) is 4.27. The lowest BCUT2D eigenvalue weighted by Gasteiger charge is -1.91. The number of hydrogen-bond donors (Lipinski definition) is 1. The number of aromatic nitrogens is 2. The molecule has 0 amide bonds. The third-order valence-electron chi connectivity index (χ3n) is 1.85. The van der Waals surface area contributed by atoms with Crippen molar-refractivity contribution in [1.82, 2.24) is 10.2 Å². The second kappa shape index (κ2) is 2.75. The molecule has 0 aromatic carbocycles. The lowest BCUT2D eigenvalue weighted by Crippen LogP contribution is -1.70. The lowest BCUT2D eigenvalue weighted by molar-refractivity contribution is 1.09. The van der Waals surface area contributed by atoms with Crippen molar-refractivity contribution in [2.45, 2.75) is 13.8 Å². The molecule has 0 spiro atoms. The highest BCUT2D eigenvalue weighted by Crippen LogP contribution is 2.29. The summed E-state index contributed by atoms with van der Waals surface area (Å²) in [6.07, 6.45) is 3.78. The maximum atomic E-state index is 3.93. The second-order valence-corrected chi connectivity index (χ2v) is 4.27. The van der Waals surface area contributed by atoms with Crippen molar-refractivity contribution in [1.29, 1.82) is 0 Å². The Morgan fingerprint density at radius 2 is 2.25 bits per heavy atom. The molecule has 0 saturated carbocycles. The molecule has 2 aromatic heterocycles. The van der Waals surface area contributed by atoms with Crippen LogP contribution in [0.2, 0.25) is 0 Å². The molecule has 12 heavy (non-hydrogen) atoms. The highest BCUT2D eigenvalue weighted by Gasteiger charge is 2.05. The minimum absolute atomic E-state index is 1.18. The molecule has 62 valence electrons. The van der Waals surface area contributed by atoms with Crippen LogP contribution >= 0.6 is 11.3 Å². The molecule has 2 rings (SSSR count). The van der Waals surface area contributed by atoms with Crippen LogP contribution in [-0.4, -0.2) is 10.2 Å². The molecule has 0 aliphatic carbocycles. The topological polar surface area (TPSA) is 28.7 Å². The van der Waals surface area contributed by atoms with Crippen molar-refractivity contribution in [3.8, 4) is 11.1 Å². The van der Waals surface area contributed by atoms with Gasteiger partial charge in [-0.15, -0.1) is 11.3 Å². The molecule has 0 atom stereocenters. The average Bonchev–Trinajstić information content (AvgIpc) is 2.58. The second-order valence-electron chi connectivity index (χ2n) is 2.81. The number of aromatic amines is 1. The number of nitrogens with one attached hydrogen (secondary N) is 1. The van der Waals surface area contributed by atoms with Crippen LogP contribution in [0.1, 0.15) is 9.75 Å². The molecule has 0 aliphatic rings. The molecular weight excluding hydrogens is 168 g/mol. The van der Waals surface area contributed by atoms with Gasteiger partial charge in [0.15, 0.2) is 0 Å². The monoisotopic (exact) mass is 178 g/mol. The number of H-pyrrole nitrogens is 1. The van der Waals surface area contributed by atoms with Gasteiger partial charge in [-0.3, -0.25) is 5.10 Å². The zero-order chi connectivity index (χ0) is 8.55. The summed E-state index contributed by atoms with van der Waals surface area (Å²) in [7, 11) is 0. The predicted molar refractivity (Wildman–Crippen MR) is 51.4 cm³/mol. The van der Waals surface area contributed by atoms with E-state index < -0.39 is 0 Å². The lowest BCUT2D eigenvalue weighted by atomic mass is 10.1. The van der Waals surface area contributed by atoms with E-state index in [2.05, 4.69) is 30.1 Å².